The number of nitrogens with zero attached hydrogens (tertiary/aromatic N) is 1. The van der Waals surface area contributed by atoms with E-state index in [4.69, 9.17) is 4.98 Å². The highest BCUT2D eigenvalue weighted by molar-refractivity contribution is 7.13. The third-order valence-electron chi connectivity index (χ3n) is 6.30. The molecular formula is C31H26N2S2. The highest BCUT2D eigenvalue weighted by Crippen LogP contribution is 2.48. The number of thiophene rings is 2. The van der Waals surface area contributed by atoms with Crippen LogP contribution in [0.3, 0.4) is 0 Å². The number of fused-ring (bicyclic) bond motifs is 1. The fourth-order valence-electron chi connectivity index (χ4n) is 4.79. The predicted molar refractivity (Wildman–Crippen MR) is 152 cm³/mol. The second kappa shape index (κ2) is 8.63. The lowest BCUT2D eigenvalue weighted by Gasteiger charge is -2.23. The van der Waals surface area contributed by atoms with Gasteiger partial charge in [0.2, 0.25) is 0 Å². The molecule has 0 saturated carbocycles. The van der Waals surface area contributed by atoms with Crippen molar-refractivity contribution in [1.82, 2.24) is 9.97 Å². The molecule has 0 amide bonds. The Morgan fingerprint density at radius 1 is 0.657 bits per heavy atom. The first-order chi connectivity index (χ1) is 17.0. The Hall–Kier alpha value is -3.47. The lowest BCUT2D eigenvalue weighted by molar-refractivity contribution is 0.576. The van der Waals surface area contributed by atoms with Crippen molar-refractivity contribution in [2.75, 3.05) is 0 Å². The van der Waals surface area contributed by atoms with Gasteiger partial charge in [-0.1, -0.05) is 93.6 Å². The van der Waals surface area contributed by atoms with Crippen molar-refractivity contribution in [2.24, 2.45) is 0 Å². The van der Waals surface area contributed by atoms with E-state index in [1.165, 1.54) is 31.8 Å². The Morgan fingerprint density at radius 3 is 1.77 bits per heavy atom. The van der Waals surface area contributed by atoms with E-state index in [9.17, 15) is 0 Å². The summed E-state index contributed by atoms with van der Waals surface area (Å²) in [5, 5.41) is 5.49. The molecule has 6 aromatic rings. The van der Waals surface area contributed by atoms with Gasteiger partial charge in [0.25, 0.3) is 0 Å². The normalized spacial score (nSPS) is 11.9. The van der Waals surface area contributed by atoms with E-state index in [-0.39, 0.29) is 5.41 Å². The van der Waals surface area contributed by atoms with E-state index >= 15 is 0 Å². The molecule has 172 valence electrons. The molecule has 0 radical (unpaired) electrons. The zero-order chi connectivity index (χ0) is 24.0. The van der Waals surface area contributed by atoms with Crippen LogP contribution in [-0.2, 0) is 5.41 Å². The third-order valence-corrected chi connectivity index (χ3v) is 8.07. The Kier molecular flexibility index (Phi) is 5.43. The van der Waals surface area contributed by atoms with Gasteiger partial charge < -0.3 is 4.98 Å². The molecule has 35 heavy (non-hydrogen) atoms. The molecule has 0 fully saturated rings. The predicted octanol–water partition coefficient (Wildman–Crippen LogP) is 9.65. The Balaban J connectivity index is 1.85. The lowest BCUT2D eigenvalue weighted by Crippen LogP contribution is -2.15. The van der Waals surface area contributed by atoms with E-state index in [2.05, 4.69) is 121 Å². The van der Waals surface area contributed by atoms with Gasteiger partial charge >= 0.3 is 0 Å². The average Bonchev–Trinajstić information content (AvgIpc) is 3.64. The van der Waals surface area contributed by atoms with Crippen LogP contribution in [0.1, 0.15) is 26.5 Å². The molecular weight excluding hydrogens is 464 g/mol. The Morgan fingerprint density at radius 2 is 1.23 bits per heavy atom. The SMILES string of the molecule is CC(C)(C)c1nc(-c2cccs2)c(-c2ccccc2)c2[nH]c(-c3cccs3)c(-c3ccccc3)c12. The topological polar surface area (TPSA) is 28.7 Å². The van der Waals surface area contributed by atoms with Crippen molar-refractivity contribution in [1.29, 1.82) is 0 Å². The Bertz CT molecular complexity index is 1590. The number of hydrogen-bond donors (Lipinski definition) is 1. The van der Waals surface area contributed by atoms with E-state index < -0.39 is 0 Å². The van der Waals surface area contributed by atoms with Gasteiger partial charge in [-0.2, -0.15) is 0 Å². The zero-order valence-corrected chi connectivity index (χ0v) is 21.6. The van der Waals surface area contributed by atoms with Crippen molar-refractivity contribution in [3.8, 4) is 43.4 Å². The lowest BCUT2D eigenvalue weighted by atomic mass is 9.85. The summed E-state index contributed by atoms with van der Waals surface area (Å²) in [6, 6.07) is 30.0. The molecule has 0 aliphatic carbocycles. The summed E-state index contributed by atoms with van der Waals surface area (Å²) in [4.78, 5) is 11.8. The van der Waals surface area contributed by atoms with Crippen LogP contribution in [0.2, 0.25) is 0 Å². The van der Waals surface area contributed by atoms with E-state index in [1.807, 2.05) is 0 Å². The van der Waals surface area contributed by atoms with E-state index in [0.29, 0.717) is 0 Å². The summed E-state index contributed by atoms with van der Waals surface area (Å²) in [6.45, 7) is 6.80. The number of pyridine rings is 1. The maximum Gasteiger partial charge on any atom is 0.0904 e. The quantitative estimate of drug-likeness (QED) is 0.262. The molecule has 0 atom stereocenters. The van der Waals surface area contributed by atoms with Crippen molar-refractivity contribution in [2.45, 2.75) is 26.2 Å². The van der Waals surface area contributed by atoms with Crippen LogP contribution in [-0.4, -0.2) is 9.97 Å². The van der Waals surface area contributed by atoms with Crippen molar-refractivity contribution in [3.05, 3.63) is 101 Å². The number of benzene rings is 2. The molecule has 6 rings (SSSR count). The molecule has 0 spiro atoms. The summed E-state index contributed by atoms with van der Waals surface area (Å²) in [6.07, 6.45) is 0. The van der Waals surface area contributed by atoms with Crippen LogP contribution in [0.25, 0.3) is 54.3 Å². The molecule has 0 unspecified atom stereocenters. The summed E-state index contributed by atoms with van der Waals surface area (Å²) in [5.74, 6) is 0. The van der Waals surface area contributed by atoms with Gasteiger partial charge in [-0.05, 0) is 34.0 Å². The monoisotopic (exact) mass is 490 g/mol. The number of aromatic nitrogens is 2. The van der Waals surface area contributed by atoms with Crippen LogP contribution < -0.4 is 0 Å². The number of nitrogens with one attached hydrogen (secondary N) is 1. The highest BCUT2D eigenvalue weighted by atomic mass is 32.1. The van der Waals surface area contributed by atoms with Crippen LogP contribution in [0.15, 0.2) is 95.7 Å². The van der Waals surface area contributed by atoms with Crippen molar-refractivity contribution < 1.29 is 0 Å². The summed E-state index contributed by atoms with van der Waals surface area (Å²) in [5.41, 5.74) is 9.11. The molecule has 0 aliphatic rings. The van der Waals surface area contributed by atoms with Gasteiger partial charge in [-0.15, -0.1) is 22.7 Å². The van der Waals surface area contributed by atoms with Crippen molar-refractivity contribution in [3.63, 3.8) is 0 Å². The summed E-state index contributed by atoms with van der Waals surface area (Å²) in [7, 11) is 0. The smallest absolute Gasteiger partial charge is 0.0904 e. The fraction of sp³-hybridized carbons (Fsp3) is 0.129. The molecule has 0 saturated heterocycles. The number of rotatable bonds is 4. The largest absolute Gasteiger partial charge is 0.353 e. The zero-order valence-electron chi connectivity index (χ0n) is 20.0. The van der Waals surface area contributed by atoms with Gasteiger partial charge in [0, 0.05) is 21.9 Å². The maximum atomic E-state index is 5.47. The van der Waals surface area contributed by atoms with E-state index in [1.54, 1.807) is 22.7 Å². The van der Waals surface area contributed by atoms with Gasteiger partial charge in [0.15, 0.2) is 0 Å². The first-order valence-corrected chi connectivity index (χ1v) is 13.6. The van der Waals surface area contributed by atoms with E-state index in [0.717, 1.165) is 28.2 Å². The molecule has 2 nitrogen and oxygen atoms in total. The van der Waals surface area contributed by atoms with Gasteiger partial charge in [-0.25, -0.2) is 4.98 Å². The molecule has 1 N–H and O–H groups in total. The number of H-pyrrole nitrogens is 1. The van der Waals surface area contributed by atoms with Gasteiger partial charge in [0.1, 0.15) is 0 Å². The van der Waals surface area contributed by atoms with Gasteiger partial charge in [-0.3, -0.25) is 0 Å². The average molecular weight is 491 g/mol. The molecule has 0 aliphatic heterocycles. The molecule has 2 aromatic carbocycles. The molecule has 4 aromatic heterocycles. The molecule has 4 heterocycles. The van der Waals surface area contributed by atoms with Crippen LogP contribution >= 0.6 is 22.7 Å². The van der Waals surface area contributed by atoms with Crippen LogP contribution in [0.5, 0.6) is 0 Å². The van der Waals surface area contributed by atoms with Crippen LogP contribution in [0, 0.1) is 0 Å². The minimum absolute atomic E-state index is 0.141. The second-order valence-corrected chi connectivity index (χ2v) is 11.6. The fourth-order valence-corrected chi connectivity index (χ4v) is 6.24. The summed E-state index contributed by atoms with van der Waals surface area (Å²) >= 11 is 3.51. The van der Waals surface area contributed by atoms with Crippen LogP contribution in [0.4, 0.5) is 0 Å². The van der Waals surface area contributed by atoms with Gasteiger partial charge in [0.05, 0.1) is 32.4 Å². The highest BCUT2D eigenvalue weighted by Gasteiger charge is 2.29. The van der Waals surface area contributed by atoms with Crippen molar-refractivity contribution >= 4 is 33.6 Å². The molecule has 4 heteroatoms. The number of aromatic amines is 1. The summed E-state index contributed by atoms with van der Waals surface area (Å²) < 4.78 is 0. The maximum absolute atomic E-state index is 5.47. The third kappa shape index (κ3) is 3.83. The second-order valence-electron chi connectivity index (χ2n) is 9.75. The minimum atomic E-state index is -0.141. The first-order valence-electron chi connectivity index (χ1n) is 11.8. The minimum Gasteiger partial charge on any atom is -0.353 e. The number of hydrogen-bond acceptors (Lipinski definition) is 3. The standard InChI is InChI=1S/C31H26N2S2/c1-31(2,3)30-26-24(20-12-6-4-7-13-20)27(22-16-10-18-34-22)32-29(26)25(21-14-8-5-9-15-21)28(33-30)23-17-11-19-35-23/h4-19,32H,1-3H3. The Labute approximate surface area is 214 Å². The first kappa shape index (κ1) is 22.0. The molecule has 0 bridgehead atoms.